The molecule has 0 aliphatic carbocycles. The Bertz CT molecular complexity index is 1010. The average molecular weight is 335 g/mol. The number of nitrogens with one attached hydrogen (secondary N) is 1. The van der Waals surface area contributed by atoms with Crippen molar-refractivity contribution in [3.05, 3.63) is 64.4 Å². The first-order valence-electron chi connectivity index (χ1n) is 7.22. The molecule has 4 rings (SSSR count). The van der Waals surface area contributed by atoms with E-state index in [2.05, 4.69) is 9.69 Å². The van der Waals surface area contributed by atoms with Gasteiger partial charge >= 0.3 is 0 Å². The predicted molar refractivity (Wildman–Crippen MR) is 88.8 cm³/mol. The van der Waals surface area contributed by atoms with Gasteiger partial charge in [-0.15, -0.1) is 0 Å². The Hall–Kier alpha value is -3.04. The van der Waals surface area contributed by atoms with Crippen LogP contribution in [0.4, 0.5) is 4.39 Å². The lowest BCUT2D eigenvalue weighted by Gasteiger charge is -2.11. The number of hydrogen-bond donors (Lipinski definition) is 1. The lowest BCUT2D eigenvalue weighted by atomic mass is 9.91. The molecule has 1 amide bonds. The van der Waals surface area contributed by atoms with Crippen molar-refractivity contribution in [1.82, 2.24) is 9.69 Å². The number of rotatable bonds is 2. The Morgan fingerprint density at radius 3 is 2.75 bits per heavy atom. The Morgan fingerprint density at radius 2 is 2.00 bits per heavy atom. The molecule has 0 saturated heterocycles. The molecule has 24 heavy (non-hydrogen) atoms. The first-order chi connectivity index (χ1) is 11.7. The zero-order chi connectivity index (χ0) is 16.7. The van der Waals surface area contributed by atoms with Crippen molar-refractivity contribution >= 4 is 17.4 Å². The zero-order valence-corrected chi connectivity index (χ0v) is 13.2. The van der Waals surface area contributed by atoms with Gasteiger partial charge in [-0.05, 0) is 58.1 Å². The molecular formula is C18H10FN3OS. The Balaban J connectivity index is 1.99. The minimum absolute atomic E-state index is 0.142. The largest absolute Gasteiger partial charge is 0.348 e. The molecule has 0 bridgehead atoms. The number of benzene rings is 2. The van der Waals surface area contributed by atoms with Crippen LogP contribution in [0.5, 0.6) is 0 Å². The van der Waals surface area contributed by atoms with Gasteiger partial charge in [0.2, 0.25) is 0 Å². The molecule has 4 nitrogen and oxygen atoms in total. The molecule has 6 heteroatoms. The van der Waals surface area contributed by atoms with Crippen molar-refractivity contribution in [3.8, 4) is 28.3 Å². The van der Waals surface area contributed by atoms with Gasteiger partial charge in [0.25, 0.3) is 5.91 Å². The quantitative estimate of drug-likeness (QED) is 0.776. The van der Waals surface area contributed by atoms with E-state index in [1.807, 2.05) is 17.5 Å². The van der Waals surface area contributed by atoms with Crippen LogP contribution in [-0.4, -0.2) is 10.3 Å². The molecule has 1 N–H and O–H groups in total. The molecule has 2 aromatic carbocycles. The van der Waals surface area contributed by atoms with Crippen LogP contribution >= 0.6 is 11.5 Å². The summed E-state index contributed by atoms with van der Waals surface area (Å²) in [4.78, 5) is 12.1. The van der Waals surface area contributed by atoms with Gasteiger partial charge in [0.05, 0.1) is 11.6 Å². The van der Waals surface area contributed by atoms with E-state index < -0.39 is 5.82 Å². The smallest absolute Gasteiger partial charge is 0.251 e. The van der Waals surface area contributed by atoms with Crippen molar-refractivity contribution in [2.24, 2.45) is 0 Å². The molecule has 0 atom stereocenters. The van der Waals surface area contributed by atoms with E-state index in [1.165, 1.54) is 23.7 Å². The van der Waals surface area contributed by atoms with E-state index >= 15 is 0 Å². The second-order valence-corrected chi connectivity index (χ2v) is 6.10. The predicted octanol–water partition coefficient (Wildman–Crippen LogP) is 3.73. The first kappa shape index (κ1) is 14.5. The van der Waals surface area contributed by atoms with E-state index in [-0.39, 0.29) is 11.5 Å². The van der Waals surface area contributed by atoms with Crippen molar-refractivity contribution in [2.75, 3.05) is 0 Å². The van der Waals surface area contributed by atoms with Crippen molar-refractivity contribution in [1.29, 1.82) is 5.26 Å². The van der Waals surface area contributed by atoms with E-state index in [9.17, 15) is 14.4 Å². The number of fused-ring (bicyclic) bond motifs is 1. The van der Waals surface area contributed by atoms with E-state index in [1.54, 1.807) is 18.3 Å². The van der Waals surface area contributed by atoms with Crippen LogP contribution in [0.2, 0.25) is 0 Å². The van der Waals surface area contributed by atoms with Crippen LogP contribution in [0.25, 0.3) is 22.3 Å². The summed E-state index contributed by atoms with van der Waals surface area (Å²) >= 11 is 1.33. The summed E-state index contributed by atoms with van der Waals surface area (Å²) in [6.07, 6.45) is 1.75. The second-order valence-electron chi connectivity index (χ2n) is 5.45. The molecule has 0 spiro atoms. The Morgan fingerprint density at radius 1 is 1.17 bits per heavy atom. The number of carbonyl (C=O) groups is 1. The van der Waals surface area contributed by atoms with Gasteiger partial charge in [-0.3, -0.25) is 4.79 Å². The number of hydrogen-bond acceptors (Lipinski definition) is 4. The summed E-state index contributed by atoms with van der Waals surface area (Å²) in [5.74, 6) is -0.603. The molecule has 3 aromatic rings. The van der Waals surface area contributed by atoms with E-state index in [0.717, 1.165) is 16.7 Å². The van der Waals surface area contributed by atoms with Crippen LogP contribution in [0, 0.1) is 17.1 Å². The summed E-state index contributed by atoms with van der Waals surface area (Å²) in [6, 6.07) is 9.79. The molecule has 2 heterocycles. The number of halogens is 1. The maximum absolute atomic E-state index is 13.4. The zero-order valence-electron chi connectivity index (χ0n) is 12.3. The molecule has 1 aliphatic rings. The van der Waals surface area contributed by atoms with Gasteiger partial charge < -0.3 is 5.32 Å². The maximum Gasteiger partial charge on any atom is 0.251 e. The third kappa shape index (κ3) is 2.27. The minimum atomic E-state index is -0.462. The number of nitriles is 1. The third-order valence-electron chi connectivity index (χ3n) is 4.08. The lowest BCUT2D eigenvalue weighted by Crippen LogP contribution is -2.12. The molecule has 0 saturated carbocycles. The summed E-state index contributed by atoms with van der Waals surface area (Å²) < 4.78 is 17.5. The summed E-state index contributed by atoms with van der Waals surface area (Å²) in [5.41, 5.74) is 4.89. The fourth-order valence-corrected chi connectivity index (χ4v) is 3.48. The molecule has 0 fully saturated rings. The summed E-state index contributed by atoms with van der Waals surface area (Å²) in [5, 5.41) is 14.0. The highest BCUT2D eigenvalue weighted by Crippen LogP contribution is 2.36. The molecule has 1 aromatic heterocycles. The van der Waals surface area contributed by atoms with Gasteiger partial charge in [0, 0.05) is 29.2 Å². The Labute approximate surface area is 141 Å². The number of aromatic nitrogens is 1. The van der Waals surface area contributed by atoms with Crippen LogP contribution in [0.1, 0.15) is 21.5 Å². The van der Waals surface area contributed by atoms with Crippen molar-refractivity contribution < 1.29 is 9.18 Å². The van der Waals surface area contributed by atoms with Crippen LogP contribution in [0.3, 0.4) is 0 Å². The van der Waals surface area contributed by atoms with E-state index in [4.69, 9.17) is 0 Å². The summed E-state index contributed by atoms with van der Waals surface area (Å²) in [6.45, 7) is 0.466. The van der Waals surface area contributed by atoms with Crippen LogP contribution < -0.4 is 5.32 Å². The standard InChI is InChI=1S/C18H10FN3OS/c19-13-1-2-14(11(3-13)6-20)10-4-15(12-7-22-24-9-12)17-8-21-18(23)16(17)5-10/h1-5,7,9H,8H2,(H,21,23). The summed E-state index contributed by atoms with van der Waals surface area (Å²) in [7, 11) is 0. The minimum Gasteiger partial charge on any atom is -0.348 e. The van der Waals surface area contributed by atoms with Crippen molar-refractivity contribution in [2.45, 2.75) is 6.54 Å². The van der Waals surface area contributed by atoms with Crippen molar-refractivity contribution in [3.63, 3.8) is 0 Å². The van der Waals surface area contributed by atoms with Gasteiger partial charge in [0.15, 0.2) is 0 Å². The highest BCUT2D eigenvalue weighted by molar-refractivity contribution is 7.03. The first-order valence-corrected chi connectivity index (χ1v) is 8.06. The molecule has 0 unspecified atom stereocenters. The van der Waals surface area contributed by atoms with Gasteiger partial charge in [-0.2, -0.15) is 5.26 Å². The SMILES string of the molecule is N#Cc1cc(F)ccc1-c1cc2c(c(-c3cnsc3)c1)CNC2=O. The number of amides is 1. The monoisotopic (exact) mass is 335 g/mol. The van der Waals surface area contributed by atoms with Crippen LogP contribution in [0.15, 0.2) is 41.9 Å². The maximum atomic E-state index is 13.4. The third-order valence-corrected chi connectivity index (χ3v) is 4.66. The van der Waals surface area contributed by atoms with Gasteiger partial charge in [-0.25, -0.2) is 8.76 Å². The molecule has 116 valence electrons. The molecule has 0 radical (unpaired) electrons. The average Bonchev–Trinajstić information content (AvgIpc) is 3.24. The highest BCUT2D eigenvalue weighted by Gasteiger charge is 2.24. The topological polar surface area (TPSA) is 65.8 Å². The highest BCUT2D eigenvalue weighted by atomic mass is 32.1. The lowest BCUT2D eigenvalue weighted by molar-refractivity contribution is 0.0966. The Kier molecular flexibility index (Phi) is 3.36. The number of nitrogens with zero attached hydrogens (tertiary/aromatic N) is 2. The molecule has 1 aliphatic heterocycles. The van der Waals surface area contributed by atoms with Gasteiger partial charge in [-0.1, -0.05) is 6.07 Å². The van der Waals surface area contributed by atoms with E-state index in [0.29, 0.717) is 23.2 Å². The fraction of sp³-hybridized carbons (Fsp3) is 0.0556. The second kappa shape index (κ2) is 5.55. The normalized spacial score (nSPS) is 12.6. The fourth-order valence-electron chi connectivity index (χ4n) is 2.94. The number of carbonyl (C=O) groups excluding carboxylic acids is 1. The van der Waals surface area contributed by atoms with Crippen LogP contribution in [-0.2, 0) is 6.54 Å². The molecular weight excluding hydrogens is 325 g/mol. The van der Waals surface area contributed by atoms with Gasteiger partial charge in [0.1, 0.15) is 5.82 Å².